The maximum absolute atomic E-state index is 4.86. The first-order chi connectivity index (χ1) is 15.3. The van der Waals surface area contributed by atoms with E-state index in [0.717, 1.165) is 5.69 Å². The third-order valence-corrected chi connectivity index (χ3v) is 9.52. The Morgan fingerprint density at radius 3 is 2.28 bits per heavy atom. The average Bonchev–Trinajstić information content (AvgIpc) is 3.21. The molecule has 3 heteroatoms. The molecule has 0 saturated carbocycles. The molecule has 5 rings (SSSR count). The van der Waals surface area contributed by atoms with Crippen LogP contribution in [-0.4, -0.2) is 13.1 Å². The van der Waals surface area contributed by atoms with Gasteiger partial charge in [0.05, 0.1) is 13.8 Å². The lowest BCUT2D eigenvalue weighted by atomic mass is 9.95. The fraction of sp³-hybridized carbons (Fsp3) is 0.207. The van der Waals surface area contributed by atoms with Gasteiger partial charge in [-0.15, -0.1) is 11.3 Å². The highest BCUT2D eigenvalue weighted by Gasteiger charge is 2.18. The van der Waals surface area contributed by atoms with Crippen LogP contribution in [0.1, 0.15) is 25.3 Å². The summed E-state index contributed by atoms with van der Waals surface area (Å²) in [4.78, 5) is 6.18. The zero-order chi connectivity index (χ0) is 22.5. The number of aromatic nitrogens is 1. The van der Waals surface area contributed by atoms with Crippen LogP contribution in [0.5, 0.6) is 0 Å². The highest BCUT2D eigenvalue weighted by molar-refractivity contribution is 7.22. The summed E-state index contributed by atoms with van der Waals surface area (Å²) in [5.41, 5.74) is 4.99. The molecule has 32 heavy (non-hydrogen) atoms. The van der Waals surface area contributed by atoms with Gasteiger partial charge in [0.1, 0.15) is 0 Å². The monoisotopic (exact) mass is 451 g/mol. The van der Waals surface area contributed by atoms with Crippen LogP contribution in [0.2, 0.25) is 19.6 Å². The molecule has 0 bridgehead atoms. The van der Waals surface area contributed by atoms with E-state index in [1.807, 2.05) is 17.5 Å². The Kier molecular flexibility index (Phi) is 5.27. The quantitative estimate of drug-likeness (QED) is 0.250. The molecule has 0 fully saturated rings. The van der Waals surface area contributed by atoms with Crippen molar-refractivity contribution in [1.29, 1.82) is 0 Å². The molecule has 0 radical (unpaired) electrons. The molecule has 0 aliphatic carbocycles. The Bertz CT molecular complexity index is 1420. The topological polar surface area (TPSA) is 12.9 Å². The summed E-state index contributed by atoms with van der Waals surface area (Å²) in [5, 5.41) is 5.33. The van der Waals surface area contributed by atoms with Gasteiger partial charge in [-0.2, -0.15) is 0 Å². The summed E-state index contributed by atoms with van der Waals surface area (Å²) in [6.07, 6.45) is 1.97. The number of hydrogen-bond donors (Lipinski definition) is 0. The highest BCUT2D eigenvalue weighted by Crippen LogP contribution is 2.41. The Balaban J connectivity index is 1.71. The van der Waals surface area contributed by atoms with Crippen molar-refractivity contribution in [2.24, 2.45) is 0 Å². The van der Waals surface area contributed by atoms with E-state index in [1.54, 1.807) is 0 Å². The van der Waals surface area contributed by atoms with Crippen LogP contribution in [0.4, 0.5) is 0 Å². The number of thiophene rings is 1. The summed E-state index contributed by atoms with van der Waals surface area (Å²) >= 11 is 1.90. The number of benzene rings is 3. The smallest absolute Gasteiger partial charge is 0.0780 e. The van der Waals surface area contributed by atoms with E-state index in [9.17, 15) is 0 Å². The maximum Gasteiger partial charge on any atom is 0.0780 e. The van der Waals surface area contributed by atoms with Gasteiger partial charge >= 0.3 is 0 Å². The van der Waals surface area contributed by atoms with E-state index >= 15 is 0 Å². The lowest BCUT2D eigenvalue weighted by molar-refractivity contribution is 0.878. The van der Waals surface area contributed by atoms with E-state index in [2.05, 4.69) is 106 Å². The first-order valence-electron chi connectivity index (χ1n) is 11.3. The minimum Gasteiger partial charge on any atom is -0.256 e. The number of pyridine rings is 1. The molecule has 0 amide bonds. The standard InChI is InChI=1S/C29H29NSSi/c1-19(2)26-17-22(15-23-18-27(31-29(23)26)20-9-7-6-8-10-20)28-25-12-11-24(32(3,4)5)16-21(25)13-14-30-28/h6-19H,1-5H3. The van der Waals surface area contributed by atoms with Crippen molar-refractivity contribution >= 4 is 45.5 Å². The molecule has 0 aliphatic heterocycles. The van der Waals surface area contributed by atoms with Crippen molar-refractivity contribution in [3.63, 3.8) is 0 Å². The number of hydrogen-bond acceptors (Lipinski definition) is 2. The van der Waals surface area contributed by atoms with Gasteiger partial charge in [0.25, 0.3) is 0 Å². The zero-order valence-corrected chi connectivity index (χ0v) is 21.3. The van der Waals surface area contributed by atoms with Gasteiger partial charge in [-0.1, -0.05) is 87.2 Å². The summed E-state index contributed by atoms with van der Waals surface area (Å²) in [5.74, 6) is 0.452. The fourth-order valence-corrected chi connectivity index (χ4v) is 6.84. The molecular formula is C29H29NSSi. The second-order valence-corrected chi connectivity index (χ2v) is 16.1. The third-order valence-electron chi connectivity index (χ3n) is 6.23. The molecule has 0 unspecified atom stereocenters. The predicted octanol–water partition coefficient (Wildman–Crippen LogP) is 8.45. The summed E-state index contributed by atoms with van der Waals surface area (Å²) in [6, 6.07) is 26.9. The molecule has 5 aromatic rings. The maximum atomic E-state index is 4.86. The summed E-state index contributed by atoms with van der Waals surface area (Å²) < 4.78 is 1.39. The van der Waals surface area contributed by atoms with Crippen molar-refractivity contribution < 1.29 is 0 Å². The second-order valence-electron chi connectivity index (χ2n) is 9.96. The lowest BCUT2D eigenvalue weighted by Crippen LogP contribution is -2.37. The zero-order valence-electron chi connectivity index (χ0n) is 19.4. The Labute approximate surface area is 195 Å². The first kappa shape index (κ1) is 21.1. The lowest BCUT2D eigenvalue weighted by Gasteiger charge is -2.18. The summed E-state index contributed by atoms with van der Waals surface area (Å²) in [7, 11) is -1.36. The van der Waals surface area contributed by atoms with Crippen LogP contribution in [0.15, 0.2) is 79.0 Å². The van der Waals surface area contributed by atoms with Gasteiger partial charge in [-0.3, -0.25) is 4.98 Å². The van der Waals surface area contributed by atoms with Gasteiger partial charge in [-0.25, -0.2) is 0 Å². The van der Waals surface area contributed by atoms with Crippen LogP contribution < -0.4 is 5.19 Å². The van der Waals surface area contributed by atoms with Crippen LogP contribution in [-0.2, 0) is 0 Å². The van der Waals surface area contributed by atoms with Crippen LogP contribution >= 0.6 is 11.3 Å². The van der Waals surface area contributed by atoms with E-state index in [0.29, 0.717) is 5.92 Å². The van der Waals surface area contributed by atoms with E-state index in [-0.39, 0.29) is 0 Å². The van der Waals surface area contributed by atoms with Crippen molar-refractivity contribution in [2.75, 3.05) is 0 Å². The van der Waals surface area contributed by atoms with Crippen molar-refractivity contribution in [3.8, 4) is 21.7 Å². The van der Waals surface area contributed by atoms with Crippen molar-refractivity contribution in [3.05, 3.63) is 84.6 Å². The van der Waals surface area contributed by atoms with Crippen LogP contribution in [0.3, 0.4) is 0 Å². The van der Waals surface area contributed by atoms with Crippen molar-refractivity contribution in [1.82, 2.24) is 4.98 Å². The SMILES string of the molecule is CC(C)c1cc(-c2nccc3cc([Si](C)(C)C)ccc23)cc2cc(-c3ccccc3)sc12. The summed E-state index contributed by atoms with van der Waals surface area (Å²) in [6.45, 7) is 11.8. The van der Waals surface area contributed by atoms with Gasteiger partial charge in [-0.05, 0) is 52.1 Å². The normalized spacial score (nSPS) is 12.2. The molecule has 2 heterocycles. The molecule has 3 aromatic carbocycles. The predicted molar refractivity (Wildman–Crippen MR) is 145 cm³/mol. The number of rotatable bonds is 4. The Morgan fingerprint density at radius 2 is 1.56 bits per heavy atom. The third kappa shape index (κ3) is 3.80. The molecular weight excluding hydrogens is 422 g/mol. The van der Waals surface area contributed by atoms with E-state index in [1.165, 1.54) is 47.6 Å². The van der Waals surface area contributed by atoms with Gasteiger partial charge in [0.15, 0.2) is 0 Å². The first-order valence-corrected chi connectivity index (χ1v) is 15.7. The number of fused-ring (bicyclic) bond motifs is 2. The van der Waals surface area contributed by atoms with Crippen LogP contribution in [0.25, 0.3) is 42.6 Å². The number of nitrogens with zero attached hydrogens (tertiary/aromatic N) is 1. The largest absolute Gasteiger partial charge is 0.256 e. The molecule has 2 aromatic heterocycles. The van der Waals surface area contributed by atoms with Gasteiger partial charge < -0.3 is 0 Å². The molecule has 0 aliphatic rings. The minimum atomic E-state index is -1.36. The minimum absolute atomic E-state index is 0.452. The molecule has 1 nitrogen and oxygen atoms in total. The van der Waals surface area contributed by atoms with E-state index in [4.69, 9.17) is 4.98 Å². The molecule has 160 valence electrons. The fourth-order valence-electron chi connectivity index (χ4n) is 4.36. The second kappa shape index (κ2) is 7.98. The molecule has 0 saturated heterocycles. The molecule has 0 atom stereocenters. The van der Waals surface area contributed by atoms with E-state index < -0.39 is 8.07 Å². The average molecular weight is 452 g/mol. The Hall–Kier alpha value is -2.75. The highest BCUT2D eigenvalue weighted by atomic mass is 32.1. The van der Waals surface area contributed by atoms with Gasteiger partial charge in [0, 0.05) is 26.7 Å². The Morgan fingerprint density at radius 1 is 0.781 bits per heavy atom. The molecule has 0 spiro atoms. The molecule has 0 N–H and O–H groups in total. The van der Waals surface area contributed by atoms with Crippen molar-refractivity contribution in [2.45, 2.75) is 39.4 Å². The van der Waals surface area contributed by atoms with Gasteiger partial charge in [0.2, 0.25) is 0 Å². The van der Waals surface area contributed by atoms with Crippen LogP contribution in [0, 0.1) is 0 Å².